The van der Waals surface area contributed by atoms with Gasteiger partial charge in [0.25, 0.3) is 5.91 Å². The molecule has 1 heterocycles. The molecule has 1 fully saturated rings. The number of rotatable bonds is 6. The molecule has 0 aromatic heterocycles. The van der Waals surface area contributed by atoms with E-state index < -0.39 is 23.4 Å². The van der Waals surface area contributed by atoms with E-state index in [9.17, 15) is 14.4 Å². The minimum absolute atomic E-state index is 0.246. The molecule has 2 aromatic carbocycles. The summed E-state index contributed by atoms with van der Waals surface area (Å²) in [6.07, 6.45) is 0.246. The fourth-order valence-electron chi connectivity index (χ4n) is 3.34. The zero-order valence-corrected chi connectivity index (χ0v) is 17.2. The molecule has 29 heavy (non-hydrogen) atoms. The van der Waals surface area contributed by atoms with Gasteiger partial charge in [-0.25, -0.2) is 4.79 Å². The third-order valence-corrected chi connectivity index (χ3v) is 5.08. The Kier molecular flexibility index (Phi) is 5.79. The van der Waals surface area contributed by atoms with Gasteiger partial charge in [0, 0.05) is 17.1 Å². The van der Waals surface area contributed by atoms with Crippen LogP contribution in [0.1, 0.15) is 18.1 Å². The Bertz CT molecular complexity index is 978. The van der Waals surface area contributed by atoms with Gasteiger partial charge in [0.2, 0.25) is 5.91 Å². The lowest BCUT2D eigenvalue weighted by molar-refractivity contribution is -0.133. The summed E-state index contributed by atoms with van der Waals surface area (Å²) in [4.78, 5) is 38.7. The number of aryl methyl sites for hydroxylation is 1. The minimum Gasteiger partial charge on any atom is -0.496 e. The molecule has 0 spiro atoms. The molecule has 1 saturated heterocycles. The van der Waals surface area contributed by atoms with Crippen LogP contribution in [0.4, 0.5) is 10.5 Å². The number of ether oxygens (including phenoxy) is 1. The lowest BCUT2D eigenvalue weighted by Gasteiger charge is -2.22. The molecule has 0 unspecified atom stereocenters. The van der Waals surface area contributed by atoms with Crippen LogP contribution in [0, 0.1) is 6.92 Å². The Hall–Kier alpha value is -3.06. The molecule has 1 atom stereocenters. The number of methoxy groups -OCH3 is 1. The van der Waals surface area contributed by atoms with Gasteiger partial charge in [-0.15, -0.1) is 0 Å². The van der Waals surface area contributed by atoms with Crippen LogP contribution in [0.3, 0.4) is 0 Å². The molecule has 0 bridgehead atoms. The highest BCUT2D eigenvalue weighted by molar-refractivity contribution is 6.30. The van der Waals surface area contributed by atoms with Crippen LogP contribution in [-0.2, 0) is 16.0 Å². The van der Waals surface area contributed by atoms with Crippen LogP contribution in [0.5, 0.6) is 5.75 Å². The van der Waals surface area contributed by atoms with Crippen molar-refractivity contribution in [3.8, 4) is 5.75 Å². The average molecular weight is 416 g/mol. The van der Waals surface area contributed by atoms with Crippen molar-refractivity contribution in [3.05, 3.63) is 58.6 Å². The number of carbonyl (C=O) groups is 3. The Morgan fingerprint density at radius 1 is 1.24 bits per heavy atom. The number of nitrogens with zero attached hydrogens (tertiary/aromatic N) is 1. The van der Waals surface area contributed by atoms with Gasteiger partial charge in [-0.2, -0.15) is 0 Å². The van der Waals surface area contributed by atoms with Crippen LogP contribution in [0.15, 0.2) is 42.5 Å². The summed E-state index contributed by atoms with van der Waals surface area (Å²) in [7, 11) is 1.55. The molecule has 0 saturated carbocycles. The van der Waals surface area contributed by atoms with Crippen molar-refractivity contribution in [1.82, 2.24) is 10.2 Å². The van der Waals surface area contributed by atoms with E-state index in [4.69, 9.17) is 16.3 Å². The molecule has 0 aliphatic carbocycles. The Morgan fingerprint density at radius 3 is 2.66 bits per heavy atom. The van der Waals surface area contributed by atoms with Gasteiger partial charge in [-0.3, -0.25) is 14.5 Å². The van der Waals surface area contributed by atoms with E-state index in [1.54, 1.807) is 45.2 Å². The number of carbonyl (C=O) groups excluding carboxylic acids is 3. The summed E-state index contributed by atoms with van der Waals surface area (Å²) < 4.78 is 5.33. The lowest BCUT2D eigenvalue weighted by Crippen LogP contribution is -2.46. The number of anilines is 1. The smallest absolute Gasteiger partial charge is 0.325 e. The third kappa shape index (κ3) is 4.35. The predicted octanol–water partition coefficient (Wildman–Crippen LogP) is 3.15. The summed E-state index contributed by atoms with van der Waals surface area (Å²) in [5, 5.41) is 5.97. The largest absolute Gasteiger partial charge is 0.496 e. The highest BCUT2D eigenvalue weighted by Crippen LogP contribution is 2.27. The second kappa shape index (κ2) is 8.13. The summed E-state index contributed by atoms with van der Waals surface area (Å²) in [5.74, 6) is -0.304. The SMILES string of the molecule is COc1ccccc1C[C@]1(C)NC(=O)N(CC(=O)Nc2ccc(Cl)cc2C)C1=O. The van der Waals surface area contributed by atoms with Crippen molar-refractivity contribution in [2.75, 3.05) is 19.0 Å². The fourth-order valence-corrected chi connectivity index (χ4v) is 3.57. The number of halogens is 1. The van der Waals surface area contributed by atoms with Crippen molar-refractivity contribution in [1.29, 1.82) is 0 Å². The summed E-state index contributed by atoms with van der Waals surface area (Å²) in [6.45, 7) is 3.06. The second-order valence-corrected chi connectivity index (χ2v) is 7.59. The van der Waals surface area contributed by atoms with Crippen molar-refractivity contribution in [3.63, 3.8) is 0 Å². The molecule has 2 aromatic rings. The van der Waals surface area contributed by atoms with Gasteiger partial charge in [0.1, 0.15) is 17.8 Å². The minimum atomic E-state index is -1.16. The van der Waals surface area contributed by atoms with Crippen LogP contribution in [-0.4, -0.2) is 41.9 Å². The van der Waals surface area contributed by atoms with Crippen molar-refractivity contribution in [2.45, 2.75) is 25.8 Å². The third-order valence-electron chi connectivity index (χ3n) is 4.85. The van der Waals surface area contributed by atoms with Crippen molar-refractivity contribution >= 4 is 35.1 Å². The zero-order chi connectivity index (χ0) is 21.2. The Morgan fingerprint density at radius 2 is 1.97 bits per heavy atom. The predicted molar refractivity (Wildman–Crippen MR) is 110 cm³/mol. The van der Waals surface area contributed by atoms with Crippen LogP contribution < -0.4 is 15.4 Å². The molecule has 4 amide bonds. The van der Waals surface area contributed by atoms with E-state index in [1.807, 2.05) is 18.2 Å². The second-order valence-electron chi connectivity index (χ2n) is 7.15. The summed E-state index contributed by atoms with van der Waals surface area (Å²) in [6, 6.07) is 11.7. The van der Waals surface area contributed by atoms with E-state index in [0.717, 1.165) is 16.0 Å². The maximum atomic E-state index is 12.9. The first-order valence-electron chi connectivity index (χ1n) is 9.05. The van der Waals surface area contributed by atoms with Gasteiger partial charge >= 0.3 is 6.03 Å². The summed E-state index contributed by atoms with van der Waals surface area (Å²) >= 11 is 5.92. The molecule has 1 aliphatic rings. The molecular formula is C21H22ClN3O4. The highest BCUT2D eigenvalue weighted by atomic mass is 35.5. The first kappa shape index (κ1) is 20.7. The van der Waals surface area contributed by atoms with E-state index in [1.165, 1.54) is 0 Å². The van der Waals surface area contributed by atoms with Crippen LogP contribution >= 0.6 is 11.6 Å². The van der Waals surface area contributed by atoms with Gasteiger partial charge in [0.15, 0.2) is 0 Å². The normalized spacial score (nSPS) is 18.6. The number of nitrogens with one attached hydrogen (secondary N) is 2. The zero-order valence-electron chi connectivity index (χ0n) is 16.4. The highest BCUT2D eigenvalue weighted by Gasteiger charge is 2.48. The summed E-state index contributed by atoms with van der Waals surface area (Å²) in [5.41, 5.74) is 0.976. The average Bonchev–Trinajstić information content (AvgIpc) is 2.87. The number of hydrogen-bond acceptors (Lipinski definition) is 4. The molecule has 152 valence electrons. The van der Waals surface area contributed by atoms with Gasteiger partial charge in [-0.05, 0) is 49.2 Å². The molecule has 2 N–H and O–H groups in total. The van der Waals surface area contributed by atoms with Crippen molar-refractivity contribution < 1.29 is 19.1 Å². The molecule has 8 heteroatoms. The number of para-hydroxylation sites is 1. The van der Waals surface area contributed by atoms with E-state index in [0.29, 0.717) is 16.5 Å². The first-order valence-corrected chi connectivity index (χ1v) is 9.43. The first-order chi connectivity index (χ1) is 13.7. The number of hydrogen-bond donors (Lipinski definition) is 2. The molecule has 3 rings (SSSR count). The quantitative estimate of drug-likeness (QED) is 0.709. The van der Waals surface area contributed by atoms with Gasteiger partial charge in [0.05, 0.1) is 7.11 Å². The maximum absolute atomic E-state index is 12.9. The number of urea groups is 1. The molecule has 1 aliphatic heterocycles. The van der Waals surface area contributed by atoms with Gasteiger partial charge < -0.3 is 15.4 Å². The van der Waals surface area contributed by atoms with Crippen LogP contribution in [0.2, 0.25) is 5.02 Å². The van der Waals surface area contributed by atoms with Crippen molar-refractivity contribution in [2.24, 2.45) is 0 Å². The Labute approximate surface area is 174 Å². The standard InChI is InChI=1S/C21H22ClN3O4/c1-13-10-15(22)8-9-16(13)23-18(26)12-25-19(27)21(2,24-20(25)28)11-14-6-4-5-7-17(14)29-3/h4-10H,11-12H2,1-3H3,(H,23,26)(H,24,28)/t21-/m0/s1. The molecule has 7 nitrogen and oxygen atoms in total. The van der Waals surface area contributed by atoms with E-state index in [-0.39, 0.29) is 13.0 Å². The topological polar surface area (TPSA) is 87.7 Å². The van der Waals surface area contributed by atoms with E-state index >= 15 is 0 Å². The lowest BCUT2D eigenvalue weighted by atomic mass is 9.92. The monoisotopic (exact) mass is 415 g/mol. The molecule has 0 radical (unpaired) electrons. The maximum Gasteiger partial charge on any atom is 0.325 e. The van der Waals surface area contributed by atoms with E-state index in [2.05, 4.69) is 10.6 Å². The molecular weight excluding hydrogens is 394 g/mol. The fraction of sp³-hybridized carbons (Fsp3) is 0.286. The number of benzene rings is 2. The van der Waals surface area contributed by atoms with Crippen LogP contribution in [0.25, 0.3) is 0 Å². The van der Waals surface area contributed by atoms with Gasteiger partial charge in [-0.1, -0.05) is 29.8 Å². The Balaban J connectivity index is 1.72. The number of imide groups is 1. The number of amides is 4.